The molecule has 1 aliphatic heterocycles. The minimum Gasteiger partial charge on any atom is -0.495 e. The number of rotatable bonds is 7. The maximum Gasteiger partial charge on any atom is 0.244 e. The first-order chi connectivity index (χ1) is 12.5. The molecule has 1 aliphatic rings. The number of halogens is 1. The molecule has 0 amide bonds. The third-order valence-electron chi connectivity index (χ3n) is 4.24. The highest BCUT2D eigenvalue weighted by atomic mass is 35.5. The third kappa shape index (κ3) is 4.39. The van der Waals surface area contributed by atoms with Crippen molar-refractivity contribution in [3.8, 4) is 5.75 Å². The van der Waals surface area contributed by atoms with Crippen LogP contribution in [0.15, 0.2) is 45.9 Å². The summed E-state index contributed by atoms with van der Waals surface area (Å²) in [6.45, 7) is 2.77. The molecule has 1 aromatic heterocycles. The van der Waals surface area contributed by atoms with Gasteiger partial charge in [0.15, 0.2) is 0 Å². The van der Waals surface area contributed by atoms with E-state index in [1.165, 1.54) is 19.2 Å². The van der Waals surface area contributed by atoms with Crippen molar-refractivity contribution in [1.82, 2.24) is 9.62 Å². The number of sulfonamides is 1. The molecule has 2 aromatic rings. The van der Waals surface area contributed by atoms with E-state index in [0.717, 1.165) is 0 Å². The van der Waals surface area contributed by atoms with E-state index in [1.807, 2.05) is 6.07 Å². The summed E-state index contributed by atoms with van der Waals surface area (Å²) >= 11 is 5.96. The summed E-state index contributed by atoms with van der Waals surface area (Å²) in [5.41, 5.74) is 0. The van der Waals surface area contributed by atoms with Gasteiger partial charge < -0.3 is 13.9 Å². The van der Waals surface area contributed by atoms with Gasteiger partial charge in [-0.25, -0.2) is 13.1 Å². The Labute approximate surface area is 157 Å². The molecule has 0 bridgehead atoms. The lowest BCUT2D eigenvalue weighted by molar-refractivity contribution is 0.0128. The van der Waals surface area contributed by atoms with Crippen LogP contribution in [0.3, 0.4) is 0 Å². The monoisotopic (exact) mass is 400 g/mol. The number of methoxy groups -OCH3 is 1. The quantitative estimate of drug-likeness (QED) is 0.768. The molecule has 1 N–H and O–H groups in total. The van der Waals surface area contributed by atoms with Crippen LogP contribution in [0.5, 0.6) is 5.75 Å². The molecule has 3 rings (SSSR count). The van der Waals surface area contributed by atoms with E-state index in [2.05, 4.69) is 9.62 Å². The highest BCUT2D eigenvalue weighted by Crippen LogP contribution is 2.28. The molecule has 9 heteroatoms. The lowest BCUT2D eigenvalue weighted by Crippen LogP contribution is -2.43. The molecule has 2 heterocycles. The number of ether oxygens (including phenoxy) is 2. The van der Waals surface area contributed by atoms with Crippen LogP contribution < -0.4 is 9.46 Å². The van der Waals surface area contributed by atoms with E-state index in [0.29, 0.717) is 37.1 Å². The Bertz CT molecular complexity index is 820. The normalized spacial score (nSPS) is 17.2. The average Bonchev–Trinajstić information content (AvgIpc) is 3.17. The van der Waals surface area contributed by atoms with Gasteiger partial charge in [0.1, 0.15) is 16.4 Å². The van der Waals surface area contributed by atoms with Gasteiger partial charge in [0.05, 0.1) is 32.6 Å². The standard InChI is InChI=1S/C17H21ClN2O5S/c1-23-16-5-4-13(18)11-17(16)26(21,22)19-12-14(15-3-2-8-25-15)20-6-9-24-10-7-20/h2-5,8,11,14,19H,6-7,9-10,12H2,1H3. The zero-order valence-corrected chi connectivity index (χ0v) is 15.9. The first kappa shape index (κ1) is 19.2. The Morgan fingerprint density at radius 1 is 1.31 bits per heavy atom. The summed E-state index contributed by atoms with van der Waals surface area (Å²) in [6.07, 6.45) is 1.58. The number of nitrogens with one attached hydrogen (secondary N) is 1. The van der Waals surface area contributed by atoms with Crippen molar-refractivity contribution >= 4 is 21.6 Å². The number of furan rings is 1. The summed E-state index contributed by atoms with van der Waals surface area (Å²) in [5, 5.41) is 0.321. The van der Waals surface area contributed by atoms with Crippen LogP contribution in [-0.4, -0.2) is 53.3 Å². The molecule has 26 heavy (non-hydrogen) atoms. The number of nitrogens with zero attached hydrogens (tertiary/aromatic N) is 1. The Kier molecular flexibility index (Phi) is 6.20. The molecule has 142 valence electrons. The van der Waals surface area contributed by atoms with E-state index in [1.54, 1.807) is 18.4 Å². The second-order valence-corrected chi connectivity index (χ2v) is 8.00. The van der Waals surface area contributed by atoms with Gasteiger partial charge in [-0.2, -0.15) is 0 Å². The van der Waals surface area contributed by atoms with Crippen molar-refractivity contribution in [2.45, 2.75) is 10.9 Å². The first-order valence-electron chi connectivity index (χ1n) is 8.19. The van der Waals surface area contributed by atoms with Gasteiger partial charge in [-0.1, -0.05) is 11.6 Å². The molecule has 1 unspecified atom stereocenters. The second-order valence-electron chi connectivity index (χ2n) is 5.83. The van der Waals surface area contributed by atoms with E-state index < -0.39 is 10.0 Å². The van der Waals surface area contributed by atoms with Crippen molar-refractivity contribution in [2.24, 2.45) is 0 Å². The fourth-order valence-electron chi connectivity index (χ4n) is 2.91. The molecule has 1 aromatic carbocycles. The third-order valence-corrected chi connectivity index (χ3v) is 5.92. The number of morpholine rings is 1. The summed E-state index contributed by atoms with van der Waals surface area (Å²) < 4.78 is 44.3. The van der Waals surface area contributed by atoms with Gasteiger partial charge in [0, 0.05) is 24.7 Å². The zero-order chi connectivity index (χ0) is 18.6. The minimum atomic E-state index is -3.81. The van der Waals surface area contributed by atoms with E-state index in [4.69, 9.17) is 25.5 Å². The van der Waals surface area contributed by atoms with Crippen LogP contribution in [0.1, 0.15) is 11.8 Å². The molecule has 1 fully saturated rings. The summed E-state index contributed by atoms with van der Waals surface area (Å²) in [4.78, 5) is 2.15. The molecule has 1 atom stereocenters. The number of benzene rings is 1. The van der Waals surface area contributed by atoms with Gasteiger partial charge in [0.25, 0.3) is 0 Å². The number of hydrogen-bond acceptors (Lipinski definition) is 6. The number of hydrogen-bond donors (Lipinski definition) is 1. The lowest BCUT2D eigenvalue weighted by atomic mass is 10.2. The summed E-state index contributed by atoms with van der Waals surface area (Å²) in [7, 11) is -2.39. The highest BCUT2D eigenvalue weighted by Gasteiger charge is 2.28. The van der Waals surface area contributed by atoms with Crippen molar-refractivity contribution in [2.75, 3.05) is 40.0 Å². The maximum atomic E-state index is 12.8. The van der Waals surface area contributed by atoms with Crippen LogP contribution >= 0.6 is 11.6 Å². The fraction of sp³-hybridized carbons (Fsp3) is 0.412. The summed E-state index contributed by atoms with van der Waals surface area (Å²) in [6, 6.07) is 7.89. The van der Waals surface area contributed by atoms with Crippen LogP contribution in [0.4, 0.5) is 0 Å². The van der Waals surface area contributed by atoms with Crippen LogP contribution in [0.2, 0.25) is 5.02 Å². The zero-order valence-electron chi connectivity index (χ0n) is 14.4. The molecular formula is C17H21ClN2O5S. The molecule has 0 aliphatic carbocycles. The van der Waals surface area contributed by atoms with Crippen molar-refractivity contribution in [1.29, 1.82) is 0 Å². The predicted octanol–water partition coefficient (Wildman–Crippen LogP) is 2.29. The second kappa shape index (κ2) is 8.41. The van der Waals surface area contributed by atoms with Gasteiger partial charge in [-0.3, -0.25) is 4.90 Å². The van der Waals surface area contributed by atoms with Crippen molar-refractivity contribution < 1.29 is 22.3 Å². The Morgan fingerprint density at radius 3 is 2.73 bits per heavy atom. The molecule has 7 nitrogen and oxygen atoms in total. The fourth-order valence-corrected chi connectivity index (χ4v) is 4.37. The largest absolute Gasteiger partial charge is 0.495 e. The van der Waals surface area contributed by atoms with Gasteiger partial charge >= 0.3 is 0 Å². The molecule has 0 spiro atoms. The SMILES string of the molecule is COc1ccc(Cl)cc1S(=O)(=O)NCC(c1ccco1)N1CCOCC1. The van der Waals surface area contributed by atoms with Gasteiger partial charge in [0.2, 0.25) is 10.0 Å². The molecule has 1 saturated heterocycles. The highest BCUT2D eigenvalue weighted by molar-refractivity contribution is 7.89. The van der Waals surface area contributed by atoms with Crippen molar-refractivity contribution in [3.05, 3.63) is 47.4 Å². The van der Waals surface area contributed by atoms with E-state index in [9.17, 15) is 8.42 Å². The Morgan fingerprint density at radius 2 is 2.08 bits per heavy atom. The van der Waals surface area contributed by atoms with Gasteiger partial charge in [-0.15, -0.1) is 0 Å². The molecule has 0 radical (unpaired) electrons. The Hall–Kier alpha value is -1.58. The minimum absolute atomic E-state index is 0.00710. The topological polar surface area (TPSA) is 81.0 Å². The van der Waals surface area contributed by atoms with Crippen LogP contribution in [0.25, 0.3) is 0 Å². The first-order valence-corrected chi connectivity index (χ1v) is 10.1. The Balaban J connectivity index is 1.81. The van der Waals surface area contributed by atoms with Gasteiger partial charge in [-0.05, 0) is 30.3 Å². The van der Waals surface area contributed by atoms with Crippen LogP contribution in [-0.2, 0) is 14.8 Å². The lowest BCUT2D eigenvalue weighted by Gasteiger charge is -2.33. The average molecular weight is 401 g/mol. The predicted molar refractivity (Wildman–Crippen MR) is 97.0 cm³/mol. The van der Waals surface area contributed by atoms with E-state index >= 15 is 0 Å². The molecule has 0 saturated carbocycles. The molecular weight excluding hydrogens is 380 g/mol. The smallest absolute Gasteiger partial charge is 0.244 e. The maximum absolute atomic E-state index is 12.8. The van der Waals surface area contributed by atoms with Crippen molar-refractivity contribution in [3.63, 3.8) is 0 Å². The van der Waals surface area contributed by atoms with Crippen LogP contribution in [0, 0.1) is 0 Å². The van der Waals surface area contributed by atoms with E-state index in [-0.39, 0.29) is 23.2 Å². The summed E-state index contributed by atoms with van der Waals surface area (Å²) in [5.74, 6) is 0.940.